The van der Waals surface area contributed by atoms with Gasteiger partial charge in [-0.1, -0.05) is 30.3 Å². The molecule has 0 saturated carbocycles. The number of rotatable bonds is 7. The molecule has 166 valence electrons. The van der Waals surface area contributed by atoms with Gasteiger partial charge in [0.1, 0.15) is 10.8 Å². The maximum Gasteiger partial charge on any atom is 0.210 e. The van der Waals surface area contributed by atoms with Gasteiger partial charge in [0, 0.05) is 50.1 Å². The fourth-order valence-corrected chi connectivity index (χ4v) is 5.07. The second-order valence-corrected chi connectivity index (χ2v) is 9.22. The quantitative estimate of drug-likeness (QED) is 0.416. The van der Waals surface area contributed by atoms with Crippen molar-refractivity contribution in [3.05, 3.63) is 66.0 Å². The third-order valence-electron chi connectivity index (χ3n) is 5.86. The Kier molecular flexibility index (Phi) is 6.18. The van der Waals surface area contributed by atoms with Gasteiger partial charge in [0.05, 0.1) is 10.2 Å². The Morgan fingerprint density at radius 1 is 1.12 bits per heavy atom. The van der Waals surface area contributed by atoms with Crippen LogP contribution in [0.2, 0.25) is 0 Å². The highest BCUT2D eigenvalue weighted by Crippen LogP contribution is 2.32. The number of aromatic nitrogens is 1. The Hall–Kier alpha value is -2.78. The van der Waals surface area contributed by atoms with Crippen LogP contribution in [-0.2, 0) is 5.79 Å². The number of nitrogens with one attached hydrogen (secondary N) is 3. The number of hydrogen-bond donors (Lipinski definition) is 4. The molecule has 0 bridgehead atoms. The van der Waals surface area contributed by atoms with E-state index in [4.69, 9.17) is 10.7 Å². The Balaban J connectivity index is 1.24. The number of benzene rings is 2. The Morgan fingerprint density at radius 2 is 2.00 bits per heavy atom. The average Bonchev–Trinajstić information content (AvgIpc) is 3.27. The van der Waals surface area contributed by atoms with Crippen LogP contribution < -0.4 is 21.7 Å². The van der Waals surface area contributed by atoms with Crippen LogP contribution >= 0.6 is 11.3 Å². The van der Waals surface area contributed by atoms with Crippen LogP contribution in [0.25, 0.3) is 20.8 Å². The summed E-state index contributed by atoms with van der Waals surface area (Å²) in [5.41, 5.74) is 9.66. The molecule has 1 saturated heterocycles. The monoisotopic (exact) mass is 447 g/mol. The van der Waals surface area contributed by atoms with Gasteiger partial charge >= 0.3 is 0 Å². The summed E-state index contributed by atoms with van der Waals surface area (Å²) < 4.78 is 1.18. The molecule has 1 unspecified atom stereocenters. The number of nitrogens with zero attached hydrogens (tertiary/aromatic N) is 3. The normalized spacial score (nSPS) is 21.3. The van der Waals surface area contributed by atoms with Crippen molar-refractivity contribution in [1.82, 2.24) is 25.8 Å². The van der Waals surface area contributed by atoms with E-state index in [0.717, 1.165) is 73.2 Å². The summed E-state index contributed by atoms with van der Waals surface area (Å²) in [7, 11) is 0. The molecule has 3 aromatic rings. The van der Waals surface area contributed by atoms with Crippen molar-refractivity contribution in [3.63, 3.8) is 0 Å². The van der Waals surface area contributed by atoms with Gasteiger partial charge in [-0.25, -0.2) is 9.98 Å². The minimum atomic E-state index is -1.01. The van der Waals surface area contributed by atoms with E-state index in [9.17, 15) is 0 Å². The van der Waals surface area contributed by atoms with E-state index in [-0.39, 0.29) is 0 Å². The number of aliphatic imine (C=N–C) groups is 1. The smallest absolute Gasteiger partial charge is 0.210 e. The zero-order valence-electron chi connectivity index (χ0n) is 18.1. The molecule has 1 atom stereocenters. The van der Waals surface area contributed by atoms with Gasteiger partial charge in [0.2, 0.25) is 5.79 Å². The second kappa shape index (κ2) is 9.38. The lowest BCUT2D eigenvalue weighted by molar-refractivity contribution is 0.238. The molecule has 1 aromatic heterocycles. The van der Waals surface area contributed by atoms with Crippen molar-refractivity contribution >= 4 is 27.8 Å². The molecule has 8 heteroatoms. The number of para-hydroxylation sites is 1. The van der Waals surface area contributed by atoms with Gasteiger partial charge in [0.25, 0.3) is 0 Å². The molecular weight excluding hydrogens is 418 g/mol. The topological polar surface area (TPSA) is 90.6 Å². The number of piperazine rings is 1. The van der Waals surface area contributed by atoms with Crippen molar-refractivity contribution < 1.29 is 0 Å². The number of fused-ring (bicyclic) bond motifs is 1. The third kappa shape index (κ3) is 4.68. The summed E-state index contributed by atoms with van der Waals surface area (Å²) in [5, 5.41) is 11.2. The van der Waals surface area contributed by atoms with Crippen LogP contribution in [0, 0.1) is 0 Å². The first-order chi connectivity index (χ1) is 15.7. The maximum absolute atomic E-state index is 6.69. The Morgan fingerprint density at radius 3 is 2.88 bits per heavy atom. The average molecular weight is 448 g/mol. The molecule has 0 radical (unpaired) electrons. The summed E-state index contributed by atoms with van der Waals surface area (Å²) in [4.78, 5) is 11.8. The van der Waals surface area contributed by atoms with E-state index < -0.39 is 5.79 Å². The first-order valence-corrected chi connectivity index (χ1v) is 12.0. The second-order valence-electron chi connectivity index (χ2n) is 8.19. The first-order valence-electron chi connectivity index (χ1n) is 11.2. The van der Waals surface area contributed by atoms with Gasteiger partial charge in [-0.15, -0.1) is 11.3 Å². The lowest BCUT2D eigenvalue weighted by atomic mass is 10.0. The minimum absolute atomic E-state index is 0.887. The summed E-state index contributed by atoms with van der Waals surface area (Å²) >= 11 is 1.69. The van der Waals surface area contributed by atoms with E-state index >= 15 is 0 Å². The number of thiazole rings is 1. The highest BCUT2D eigenvalue weighted by Gasteiger charge is 2.29. The van der Waals surface area contributed by atoms with Crippen LogP contribution in [-0.4, -0.2) is 55.4 Å². The molecular formula is C24H29N7S. The molecule has 3 heterocycles. The van der Waals surface area contributed by atoms with Crippen molar-refractivity contribution in [1.29, 1.82) is 0 Å². The summed E-state index contributed by atoms with van der Waals surface area (Å²) in [6.07, 6.45) is 4.80. The lowest BCUT2D eigenvalue weighted by Gasteiger charge is -2.32. The van der Waals surface area contributed by atoms with Crippen LogP contribution in [0.4, 0.5) is 0 Å². The van der Waals surface area contributed by atoms with Gasteiger partial charge in [-0.05, 0) is 37.2 Å². The zero-order chi connectivity index (χ0) is 21.8. The van der Waals surface area contributed by atoms with Crippen molar-refractivity contribution in [3.8, 4) is 10.6 Å². The molecule has 0 aliphatic carbocycles. The van der Waals surface area contributed by atoms with Crippen molar-refractivity contribution in [2.24, 2.45) is 10.7 Å². The van der Waals surface area contributed by atoms with E-state index in [0.29, 0.717) is 0 Å². The first kappa shape index (κ1) is 21.1. The van der Waals surface area contributed by atoms with Crippen LogP contribution in [0.15, 0.2) is 65.4 Å². The molecule has 1 fully saturated rings. The number of nitrogens with two attached hydrogens (primary N) is 1. The van der Waals surface area contributed by atoms with Crippen LogP contribution in [0.5, 0.6) is 0 Å². The standard InChI is InChI=1S/C24H29N7S/c25-24(28-11-9-22(30-24)27-10-4-14-31-15-12-26-13-16-31)19-6-3-5-18(17-19)23-29-20-7-1-2-8-21(20)32-23/h1-3,5-9,11,17,26-27,30H,4,10,12-16,25H2. The molecule has 5 N–H and O–H groups in total. The largest absolute Gasteiger partial charge is 0.372 e. The predicted octanol–water partition coefficient (Wildman–Crippen LogP) is 2.43. The minimum Gasteiger partial charge on any atom is -0.372 e. The molecule has 0 amide bonds. The summed E-state index contributed by atoms with van der Waals surface area (Å²) in [5.74, 6) is -0.115. The summed E-state index contributed by atoms with van der Waals surface area (Å²) in [6.45, 7) is 6.42. The molecule has 2 aromatic carbocycles. The summed E-state index contributed by atoms with van der Waals surface area (Å²) in [6, 6.07) is 16.4. The SMILES string of the molecule is NC1(c2cccc(-c3nc4ccccc4s3)c2)N=CC=C(NCCCN2CCNCC2)N1. The zero-order valence-corrected chi connectivity index (χ0v) is 18.9. The fourth-order valence-electron chi connectivity index (χ4n) is 4.10. The van der Waals surface area contributed by atoms with Crippen LogP contribution in [0.3, 0.4) is 0 Å². The fraction of sp³-hybridized carbons (Fsp3) is 0.333. The predicted molar refractivity (Wildman–Crippen MR) is 133 cm³/mol. The van der Waals surface area contributed by atoms with Gasteiger partial charge in [-0.3, -0.25) is 5.73 Å². The molecule has 2 aliphatic heterocycles. The van der Waals surface area contributed by atoms with Crippen molar-refractivity contribution in [2.75, 3.05) is 39.3 Å². The molecule has 5 rings (SSSR count). The third-order valence-corrected chi connectivity index (χ3v) is 6.95. The van der Waals surface area contributed by atoms with Crippen molar-refractivity contribution in [2.45, 2.75) is 12.2 Å². The number of allylic oxidation sites excluding steroid dienone is 1. The van der Waals surface area contributed by atoms with E-state index in [2.05, 4.69) is 44.0 Å². The van der Waals surface area contributed by atoms with Crippen LogP contribution in [0.1, 0.15) is 12.0 Å². The molecule has 0 spiro atoms. The van der Waals surface area contributed by atoms with E-state index in [1.807, 2.05) is 36.4 Å². The van der Waals surface area contributed by atoms with E-state index in [1.54, 1.807) is 17.6 Å². The van der Waals surface area contributed by atoms with Gasteiger partial charge in [-0.2, -0.15) is 0 Å². The molecule has 32 heavy (non-hydrogen) atoms. The highest BCUT2D eigenvalue weighted by molar-refractivity contribution is 7.21. The maximum atomic E-state index is 6.69. The molecule has 2 aliphatic rings. The van der Waals surface area contributed by atoms with E-state index in [1.165, 1.54) is 4.70 Å². The highest BCUT2D eigenvalue weighted by atomic mass is 32.1. The van der Waals surface area contributed by atoms with Gasteiger partial charge < -0.3 is 20.9 Å². The Bertz CT molecular complexity index is 1100. The number of hydrogen-bond acceptors (Lipinski definition) is 8. The van der Waals surface area contributed by atoms with Gasteiger partial charge in [0.15, 0.2) is 0 Å². The molecule has 7 nitrogen and oxygen atoms in total. The lowest BCUT2D eigenvalue weighted by Crippen LogP contribution is -2.52. The Labute approximate surface area is 192 Å².